The van der Waals surface area contributed by atoms with Crippen LogP contribution in [-0.2, 0) is 11.2 Å². The third-order valence-electron chi connectivity index (χ3n) is 4.65. The maximum Gasteiger partial charge on any atom is 0.220 e. The minimum absolute atomic E-state index is 0.101. The highest BCUT2D eigenvalue weighted by atomic mass is 16.3. The summed E-state index contributed by atoms with van der Waals surface area (Å²) in [6, 6.07) is 10.0. The number of amides is 1. The van der Waals surface area contributed by atoms with E-state index in [1.807, 2.05) is 30.3 Å². The fourth-order valence-corrected chi connectivity index (χ4v) is 3.22. The Labute approximate surface area is 147 Å². The maximum absolute atomic E-state index is 12.0. The predicted octanol–water partition coefficient (Wildman–Crippen LogP) is 1.79. The van der Waals surface area contributed by atoms with E-state index in [-0.39, 0.29) is 18.1 Å². The van der Waals surface area contributed by atoms with Crippen LogP contribution in [0.1, 0.15) is 50.8 Å². The number of benzene rings is 1. The zero-order valence-corrected chi connectivity index (χ0v) is 14.3. The summed E-state index contributed by atoms with van der Waals surface area (Å²) in [5.41, 5.74) is 0.944. The van der Waals surface area contributed by atoms with Crippen molar-refractivity contribution in [3.63, 3.8) is 0 Å². The summed E-state index contributed by atoms with van der Waals surface area (Å²) < 4.78 is 1.74. The second kappa shape index (κ2) is 8.71. The van der Waals surface area contributed by atoms with Gasteiger partial charge >= 0.3 is 0 Å². The van der Waals surface area contributed by atoms with Crippen LogP contribution in [0.2, 0.25) is 0 Å². The zero-order valence-electron chi connectivity index (χ0n) is 14.3. The van der Waals surface area contributed by atoms with Crippen molar-refractivity contribution in [3.05, 3.63) is 36.2 Å². The van der Waals surface area contributed by atoms with Gasteiger partial charge in [-0.05, 0) is 61.1 Å². The lowest BCUT2D eigenvalue weighted by Gasteiger charge is -2.26. The molecule has 25 heavy (non-hydrogen) atoms. The lowest BCUT2D eigenvalue weighted by Crippen LogP contribution is -2.38. The first-order valence-corrected chi connectivity index (χ1v) is 9.02. The minimum Gasteiger partial charge on any atom is -0.393 e. The Morgan fingerprint density at radius 2 is 1.92 bits per heavy atom. The largest absolute Gasteiger partial charge is 0.393 e. The molecule has 1 aliphatic rings. The van der Waals surface area contributed by atoms with E-state index < -0.39 is 0 Å². The molecular weight excluding hydrogens is 318 g/mol. The number of aromatic nitrogens is 4. The molecule has 0 aliphatic heterocycles. The van der Waals surface area contributed by atoms with Crippen molar-refractivity contribution in [2.24, 2.45) is 0 Å². The molecule has 1 heterocycles. The molecule has 3 rings (SSSR count). The number of nitrogens with zero attached hydrogens (tertiary/aromatic N) is 4. The zero-order chi connectivity index (χ0) is 17.5. The third kappa shape index (κ3) is 5.09. The number of tetrazole rings is 1. The Morgan fingerprint density at radius 3 is 2.68 bits per heavy atom. The molecule has 0 unspecified atom stereocenters. The molecule has 0 atom stereocenters. The predicted molar refractivity (Wildman–Crippen MR) is 93.1 cm³/mol. The van der Waals surface area contributed by atoms with Gasteiger partial charge in [0.15, 0.2) is 5.82 Å². The van der Waals surface area contributed by atoms with Gasteiger partial charge in [-0.3, -0.25) is 4.79 Å². The van der Waals surface area contributed by atoms with Crippen molar-refractivity contribution >= 4 is 5.91 Å². The van der Waals surface area contributed by atoms with Gasteiger partial charge in [0.2, 0.25) is 5.91 Å². The van der Waals surface area contributed by atoms with Crippen LogP contribution < -0.4 is 5.32 Å². The van der Waals surface area contributed by atoms with Crippen LogP contribution in [0.3, 0.4) is 0 Å². The van der Waals surface area contributed by atoms with Gasteiger partial charge in [-0.2, -0.15) is 4.68 Å². The van der Waals surface area contributed by atoms with Crippen LogP contribution in [0.15, 0.2) is 30.3 Å². The average Bonchev–Trinajstić information content (AvgIpc) is 3.10. The van der Waals surface area contributed by atoms with E-state index in [1.165, 1.54) is 0 Å². The summed E-state index contributed by atoms with van der Waals surface area (Å²) in [6.07, 6.45) is 6.06. The Morgan fingerprint density at radius 1 is 1.16 bits per heavy atom. The molecule has 1 saturated carbocycles. The lowest BCUT2D eigenvalue weighted by molar-refractivity contribution is -0.122. The first-order chi connectivity index (χ1) is 12.2. The summed E-state index contributed by atoms with van der Waals surface area (Å²) in [7, 11) is 0. The highest BCUT2D eigenvalue weighted by molar-refractivity contribution is 5.76. The van der Waals surface area contributed by atoms with Gasteiger partial charge in [0, 0.05) is 18.9 Å². The van der Waals surface area contributed by atoms with Crippen LogP contribution >= 0.6 is 0 Å². The third-order valence-corrected chi connectivity index (χ3v) is 4.65. The van der Waals surface area contributed by atoms with E-state index in [1.54, 1.807) is 4.68 Å². The molecule has 0 saturated heterocycles. The second-order valence-corrected chi connectivity index (χ2v) is 6.62. The fraction of sp³-hybridized carbons (Fsp3) is 0.556. The Bertz CT molecular complexity index is 665. The van der Waals surface area contributed by atoms with Crippen LogP contribution in [-0.4, -0.2) is 43.4 Å². The summed E-state index contributed by atoms with van der Waals surface area (Å²) in [5.74, 6) is 0.914. The second-order valence-electron chi connectivity index (χ2n) is 6.62. The normalized spacial score (nSPS) is 20.4. The lowest BCUT2D eigenvalue weighted by atomic mass is 9.93. The van der Waals surface area contributed by atoms with Gasteiger partial charge in [-0.1, -0.05) is 18.2 Å². The van der Waals surface area contributed by atoms with Crippen LogP contribution in [0.5, 0.6) is 0 Å². The molecule has 0 spiro atoms. The number of para-hydroxylation sites is 1. The Hall–Kier alpha value is -2.28. The first-order valence-electron chi connectivity index (χ1n) is 9.02. The van der Waals surface area contributed by atoms with E-state index in [0.717, 1.165) is 56.5 Å². The molecule has 1 fully saturated rings. The topological polar surface area (TPSA) is 92.9 Å². The van der Waals surface area contributed by atoms with Crippen molar-refractivity contribution < 1.29 is 9.90 Å². The molecule has 1 aromatic heterocycles. The quantitative estimate of drug-likeness (QED) is 0.748. The summed E-state index contributed by atoms with van der Waals surface area (Å²) in [6.45, 7) is 0. The van der Waals surface area contributed by atoms with E-state index >= 15 is 0 Å². The molecule has 1 amide bonds. The molecule has 0 radical (unpaired) electrons. The van der Waals surface area contributed by atoms with Gasteiger partial charge in [0.25, 0.3) is 0 Å². The van der Waals surface area contributed by atoms with E-state index in [0.29, 0.717) is 6.42 Å². The fourth-order valence-electron chi connectivity index (χ4n) is 3.22. The standard InChI is InChI=1S/C18H25N5O2/c24-16-12-10-14(11-13-16)19-18(25)9-5-4-8-17-20-21-22-23(17)15-6-2-1-3-7-15/h1-3,6-7,14,16,24H,4-5,8-13H2,(H,19,25). The Balaban J connectivity index is 1.39. The van der Waals surface area contributed by atoms with Crippen molar-refractivity contribution in [3.8, 4) is 5.69 Å². The van der Waals surface area contributed by atoms with Gasteiger partial charge in [0.05, 0.1) is 11.8 Å². The van der Waals surface area contributed by atoms with E-state index in [4.69, 9.17) is 0 Å². The molecule has 1 aromatic carbocycles. The number of unbranched alkanes of at least 4 members (excludes halogenated alkanes) is 1. The number of aliphatic hydroxyl groups excluding tert-OH is 1. The SMILES string of the molecule is O=C(CCCCc1nnnn1-c1ccccc1)NC1CCC(O)CC1. The molecule has 7 heteroatoms. The molecule has 2 aromatic rings. The maximum atomic E-state index is 12.0. The van der Waals surface area contributed by atoms with Gasteiger partial charge in [-0.15, -0.1) is 5.10 Å². The average molecular weight is 343 g/mol. The van der Waals surface area contributed by atoms with Gasteiger partial charge < -0.3 is 10.4 Å². The molecule has 0 bridgehead atoms. The van der Waals surface area contributed by atoms with Crippen molar-refractivity contribution in [2.45, 2.75) is 63.5 Å². The van der Waals surface area contributed by atoms with Gasteiger partial charge in [-0.25, -0.2) is 0 Å². The van der Waals surface area contributed by atoms with E-state index in [9.17, 15) is 9.90 Å². The highest BCUT2D eigenvalue weighted by Gasteiger charge is 2.20. The number of carbonyl (C=O) groups is 1. The number of aryl methyl sites for hydroxylation is 1. The minimum atomic E-state index is -0.191. The number of rotatable bonds is 7. The number of hydrogen-bond acceptors (Lipinski definition) is 5. The van der Waals surface area contributed by atoms with Crippen molar-refractivity contribution in [1.29, 1.82) is 0 Å². The number of aliphatic hydroxyl groups is 1. The van der Waals surface area contributed by atoms with Crippen LogP contribution in [0.25, 0.3) is 5.69 Å². The molecule has 134 valence electrons. The number of hydrogen-bond donors (Lipinski definition) is 2. The molecular formula is C18H25N5O2. The highest BCUT2D eigenvalue weighted by Crippen LogP contribution is 2.18. The molecule has 7 nitrogen and oxygen atoms in total. The summed E-state index contributed by atoms with van der Waals surface area (Å²) in [5, 5.41) is 24.5. The van der Waals surface area contributed by atoms with E-state index in [2.05, 4.69) is 20.8 Å². The van der Waals surface area contributed by atoms with Gasteiger partial charge in [0.1, 0.15) is 0 Å². The smallest absolute Gasteiger partial charge is 0.220 e. The molecule has 1 aliphatic carbocycles. The summed E-state index contributed by atoms with van der Waals surface area (Å²) in [4.78, 5) is 12.0. The summed E-state index contributed by atoms with van der Waals surface area (Å²) >= 11 is 0. The number of nitrogens with one attached hydrogen (secondary N) is 1. The monoisotopic (exact) mass is 343 g/mol. The van der Waals surface area contributed by atoms with Crippen molar-refractivity contribution in [2.75, 3.05) is 0 Å². The number of carbonyl (C=O) groups excluding carboxylic acids is 1. The van der Waals surface area contributed by atoms with Crippen LogP contribution in [0.4, 0.5) is 0 Å². The Kier molecular flexibility index (Phi) is 6.11. The van der Waals surface area contributed by atoms with Crippen molar-refractivity contribution in [1.82, 2.24) is 25.5 Å². The van der Waals surface area contributed by atoms with Crippen LogP contribution in [0, 0.1) is 0 Å². The first kappa shape index (κ1) is 17.5. The molecule has 2 N–H and O–H groups in total.